The Morgan fingerprint density at radius 1 is 1.12 bits per heavy atom. The van der Waals surface area contributed by atoms with Gasteiger partial charge in [-0.1, -0.05) is 40.2 Å². The number of allylic oxidation sites excluding steroid dienone is 1. The van der Waals surface area contributed by atoms with Gasteiger partial charge in [0.15, 0.2) is 5.11 Å². The molecule has 1 atom stereocenters. The largest absolute Gasteiger partial charge is 0.351 e. The molecule has 0 aromatic heterocycles. The van der Waals surface area contributed by atoms with Gasteiger partial charge < -0.3 is 16.0 Å². The van der Waals surface area contributed by atoms with Crippen molar-refractivity contribution in [2.45, 2.75) is 26.8 Å². The summed E-state index contributed by atoms with van der Waals surface area (Å²) in [6, 6.07) is 13.5. The van der Waals surface area contributed by atoms with Crippen LogP contribution in [0, 0.1) is 13.8 Å². The van der Waals surface area contributed by atoms with Crippen molar-refractivity contribution in [1.82, 2.24) is 10.6 Å². The maximum absolute atomic E-state index is 13.1. The number of rotatable bonds is 3. The molecule has 6 heteroatoms. The van der Waals surface area contributed by atoms with Gasteiger partial charge in [0.25, 0.3) is 5.91 Å². The maximum Gasteiger partial charge on any atom is 0.255 e. The van der Waals surface area contributed by atoms with E-state index in [0.717, 1.165) is 32.5 Å². The SMILES string of the molecule is CC1=C(C(=O)Nc2cccc(C)c2C)C(c2ccc(Br)cc2)NC(=S)N1. The molecule has 2 aromatic rings. The summed E-state index contributed by atoms with van der Waals surface area (Å²) in [6.45, 7) is 5.91. The van der Waals surface area contributed by atoms with E-state index in [1.807, 2.05) is 63.2 Å². The molecule has 0 spiro atoms. The number of hydrogen-bond acceptors (Lipinski definition) is 2. The Kier molecular flexibility index (Phi) is 5.44. The van der Waals surface area contributed by atoms with E-state index in [4.69, 9.17) is 12.2 Å². The highest BCUT2D eigenvalue weighted by Crippen LogP contribution is 2.29. The molecule has 134 valence electrons. The van der Waals surface area contributed by atoms with Crippen molar-refractivity contribution in [2.75, 3.05) is 5.32 Å². The van der Waals surface area contributed by atoms with Crippen LogP contribution in [-0.4, -0.2) is 11.0 Å². The molecule has 0 bridgehead atoms. The van der Waals surface area contributed by atoms with Crippen molar-refractivity contribution in [2.24, 2.45) is 0 Å². The Morgan fingerprint density at radius 2 is 1.81 bits per heavy atom. The van der Waals surface area contributed by atoms with Gasteiger partial charge in [-0.05, 0) is 67.9 Å². The number of amides is 1. The maximum atomic E-state index is 13.1. The number of thiocarbonyl (C=S) groups is 1. The average molecular weight is 430 g/mol. The number of anilines is 1. The van der Waals surface area contributed by atoms with Gasteiger partial charge in [-0.3, -0.25) is 4.79 Å². The van der Waals surface area contributed by atoms with Crippen LogP contribution < -0.4 is 16.0 Å². The van der Waals surface area contributed by atoms with Crippen molar-refractivity contribution in [3.8, 4) is 0 Å². The second kappa shape index (κ2) is 7.60. The summed E-state index contributed by atoms with van der Waals surface area (Å²) < 4.78 is 0.986. The summed E-state index contributed by atoms with van der Waals surface area (Å²) >= 11 is 8.74. The first kappa shape index (κ1) is 18.6. The van der Waals surface area contributed by atoms with E-state index in [1.54, 1.807) is 0 Å². The number of carbonyl (C=O) groups excluding carboxylic acids is 1. The average Bonchev–Trinajstić information content (AvgIpc) is 2.59. The Bertz CT molecular complexity index is 906. The van der Waals surface area contributed by atoms with Gasteiger partial charge in [0.05, 0.1) is 11.6 Å². The summed E-state index contributed by atoms with van der Waals surface area (Å²) in [5, 5.41) is 9.84. The highest BCUT2D eigenvalue weighted by Gasteiger charge is 2.30. The molecule has 26 heavy (non-hydrogen) atoms. The molecule has 0 radical (unpaired) electrons. The third kappa shape index (κ3) is 3.81. The Balaban J connectivity index is 1.96. The van der Waals surface area contributed by atoms with Crippen molar-refractivity contribution in [1.29, 1.82) is 0 Å². The van der Waals surface area contributed by atoms with E-state index >= 15 is 0 Å². The number of halogens is 1. The fraction of sp³-hybridized carbons (Fsp3) is 0.200. The lowest BCUT2D eigenvalue weighted by atomic mass is 9.95. The molecule has 4 nitrogen and oxygen atoms in total. The molecule has 1 aliphatic heterocycles. The summed E-state index contributed by atoms with van der Waals surface area (Å²) in [6.07, 6.45) is 0. The molecule has 2 aromatic carbocycles. The Labute approximate surface area is 167 Å². The van der Waals surface area contributed by atoms with Crippen LogP contribution in [0.2, 0.25) is 0 Å². The molecule has 1 unspecified atom stereocenters. The van der Waals surface area contributed by atoms with Crippen LogP contribution >= 0.6 is 28.1 Å². The molecule has 0 saturated carbocycles. The second-order valence-corrected chi connectivity index (χ2v) is 7.65. The van der Waals surface area contributed by atoms with E-state index < -0.39 is 0 Å². The van der Waals surface area contributed by atoms with Gasteiger partial charge in [-0.25, -0.2) is 0 Å². The number of hydrogen-bond donors (Lipinski definition) is 3. The molecule has 1 aliphatic rings. The summed E-state index contributed by atoms with van der Waals surface area (Å²) in [5.74, 6) is -0.147. The number of nitrogens with one attached hydrogen (secondary N) is 3. The molecule has 0 fully saturated rings. The monoisotopic (exact) mass is 429 g/mol. The zero-order valence-corrected chi connectivity index (χ0v) is 17.2. The third-order valence-corrected chi connectivity index (χ3v) is 5.32. The minimum absolute atomic E-state index is 0.147. The lowest BCUT2D eigenvalue weighted by molar-refractivity contribution is -0.113. The Hall–Kier alpha value is -2.18. The van der Waals surface area contributed by atoms with Crippen molar-refractivity contribution < 1.29 is 4.79 Å². The van der Waals surface area contributed by atoms with E-state index in [1.165, 1.54) is 0 Å². The zero-order valence-electron chi connectivity index (χ0n) is 14.8. The molecule has 3 N–H and O–H groups in total. The van der Waals surface area contributed by atoms with Gasteiger partial charge in [0, 0.05) is 15.9 Å². The van der Waals surface area contributed by atoms with Gasteiger partial charge in [-0.2, -0.15) is 0 Å². The van der Waals surface area contributed by atoms with Crippen LogP contribution in [0.1, 0.15) is 29.7 Å². The summed E-state index contributed by atoms with van der Waals surface area (Å²) in [4.78, 5) is 13.1. The van der Waals surface area contributed by atoms with Crippen molar-refractivity contribution in [3.63, 3.8) is 0 Å². The van der Waals surface area contributed by atoms with Crippen LogP contribution in [0.15, 0.2) is 58.2 Å². The lowest BCUT2D eigenvalue weighted by Crippen LogP contribution is -2.45. The lowest BCUT2D eigenvalue weighted by Gasteiger charge is -2.30. The second-order valence-electron chi connectivity index (χ2n) is 6.32. The summed E-state index contributed by atoms with van der Waals surface area (Å²) in [7, 11) is 0. The Morgan fingerprint density at radius 3 is 2.50 bits per heavy atom. The molecule has 3 rings (SSSR count). The fourth-order valence-corrected chi connectivity index (χ4v) is 3.51. The minimum Gasteiger partial charge on any atom is -0.351 e. The van der Waals surface area contributed by atoms with E-state index in [0.29, 0.717) is 10.7 Å². The van der Waals surface area contributed by atoms with Gasteiger partial charge in [0.1, 0.15) is 0 Å². The van der Waals surface area contributed by atoms with Gasteiger partial charge >= 0.3 is 0 Å². The predicted octanol–water partition coefficient (Wildman–Crippen LogP) is 4.50. The van der Waals surface area contributed by atoms with E-state index in [2.05, 4.69) is 31.9 Å². The first-order valence-corrected chi connectivity index (χ1v) is 9.48. The first-order valence-electron chi connectivity index (χ1n) is 8.28. The molecule has 0 aliphatic carbocycles. The highest BCUT2D eigenvalue weighted by molar-refractivity contribution is 9.10. The van der Waals surface area contributed by atoms with Crippen LogP contribution in [0.3, 0.4) is 0 Å². The van der Waals surface area contributed by atoms with Crippen LogP contribution in [0.4, 0.5) is 5.69 Å². The summed E-state index contributed by atoms with van der Waals surface area (Å²) in [5.41, 5.74) is 5.37. The van der Waals surface area contributed by atoms with Crippen LogP contribution in [0.5, 0.6) is 0 Å². The van der Waals surface area contributed by atoms with Crippen LogP contribution in [0.25, 0.3) is 0 Å². The van der Waals surface area contributed by atoms with Gasteiger partial charge in [-0.15, -0.1) is 0 Å². The number of carbonyl (C=O) groups is 1. The molecular formula is C20H20BrN3OS. The van der Waals surface area contributed by atoms with Crippen molar-refractivity contribution >= 4 is 44.9 Å². The van der Waals surface area contributed by atoms with E-state index in [-0.39, 0.29) is 11.9 Å². The van der Waals surface area contributed by atoms with Crippen molar-refractivity contribution in [3.05, 3.63) is 74.9 Å². The number of aryl methyl sites for hydroxylation is 1. The fourth-order valence-electron chi connectivity index (χ4n) is 2.98. The molecule has 1 amide bonds. The highest BCUT2D eigenvalue weighted by atomic mass is 79.9. The number of benzene rings is 2. The quantitative estimate of drug-likeness (QED) is 0.628. The van der Waals surface area contributed by atoms with Crippen LogP contribution in [-0.2, 0) is 4.79 Å². The third-order valence-electron chi connectivity index (χ3n) is 4.57. The predicted molar refractivity (Wildman–Crippen MR) is 113 cm³/mol. The molecular weight excluding hydrogens is 410 g/mol. The standard InChI is InChI=1S/C20H20BrN3OS/c1-11-5-4-6-16(12(11)2)23-19(25)17-13(3)22-20(26)24-18(17)14-7-9-15(21)10-8-14/h4-10,18H,1-3H3,(H,23,25)(H2,22,24,26). The van der Waals surface area contributed by atoms with Gasteiger partial charge in [0.2, 0.25) is 0 Å². The topological polar surface area (TPSA) is 53.2 Å². The first-order chi connectivity index (χ1) is 12.4. The smallest absolute Gasteiger partial charge is 0.255 e. The normalized spacial score (nSPS) is 16.8. The minimum atomic E-state index is -0.304. The zero-order chi connectivity index (χ0) is 18.8. The molecule has 1 heterocycles. The van der Waals surface area contributed by atoms with E-state index in [9.17, 15) is 4.79 Å². The molecule has 0 saturated heterocycles.